The smallest absolute Gasteiger partial charge is 0.377 e. The molecule has 0 saturated heterocycles. The van der Waals surface area contributed by atoms with Crippen molar-refractivity contribution in [1.82, 2.24) is 10.3 Å². The van der Waals surface area contributed by atoms with E-state index in [1.54, 1.807) is 31.2 Å². The molecule has 1 atom stereocenters. The van der Waals surface area contributed by atoms with Gasteiger partial charge in [-0.05, 0) is 36.8 Å². The third-order valence-electron chi connectivity index (χ3n) is 6.34. The number of amides is 1. The second-order valence-corrected chi connectivity index (χ2v) is 9.52. The molecule has 196 valence electrons. The lowest BCUT2D eigenvalue weighted by Gasteiger charge is -2.27. The molecule has 0 aliphatic carbocycles. The van der Waals surface area contributed by atoms with Crippen LogP contribution < -0.4 is 10.1 Å². The number of fused-ring (bicyclic) bond motifs is 1. The van der Waals surface area contributed by atoms with Gasteiger partial charge in [0.1, 0.15) is 5.75 Å². The molecule has 3 aromatic carbocycles. The number of rotatable bonds is 8. The van der Waals surface area contributed by atoms with Crippen LogP contribution in [0.4, 0.5) is 8.78 Å². The predicted octanol–water partition coefficient (Wildman–Crippen LogP) is 6.30. The van der Waals surface area contributed by atoms with Crippen LogP contribution in [0, 0.1) is 6.92 Å². The number of nitrogens with one attached hydrogen (secondary N) is 1. The Labute approximate surface area is 227 Å². The maximum atomic E-state index is 15.3. The van der Waals surface area contributed by atoms with Crippen molar-refractivity contribution in [3.63, 3.8) is 0 Å². The van der Waals surface area contributed by atoms with E-state index in [-0.39, 0.29) is 11.3 Å². The Hall–Kier alpha value is -3.85. The lowest BCUT2D eigenvalue weighted by atomic mass is 9.91. The van der Waals surface area contributed by atoms with Crippen molar-refractivity contribution in [2.24, 2.45) is 0 Å². The number of alkyl halides is 2. The fourth-order valence-corrected chi connectivity index (χ4v) is 4.81. The number of aromatic nitrogens is 1. The first-order valence-electron chi connectivity index (χ1n) is 11.7. The maximum absolute atomic E-state index is 15.3. The Morgan fingerprint density at radius 3 is 2.39 bits per heavy atom. The van der Waals surface area contributed by atoms with Crippen LogP contribution in [0.3, 0.4) is 0 Å². The predicted molar refractivity (Wildman–Crippen MR) is 145 cm³/mol. The van der Waals surface area contributed by atoms with E-state index < -0.39 is 30.3 Å². The molecule has 0 aliphatic rings. The van der Waals surface area contributed by atoms with Crippen molar-refractivity contribution in [3.8, 4) is 17.0 Å². The molecule has 0 spiro atoms. The Balaban J connectivity index is 1.79. The standard InChI is InChI=1S/C29H25BrF2N2O4/c1-17-25(21-15-19(30)13-14-23(21)34-26(17)18-9-5-4-6-10-18)27(35)33-16-22(29(31,32)28(36)38-3)20-11-7-8-12-24(20)37-2/h4-15,22H,16H2,1-3H3,(H,33,35). The molecule has 4 aromatic rings. The number of benzene rings is 3. The zero-order valence-corrected chi connectivity index (χ0v) is 22.5. The molecule has 0 saturated carbocycles. The van der Waals surface area contributed by atoms with Gasteiger partial charge in [-0.3, -0.25) is 4.79 Å². The van der Waals surface area contributed by atoms with Crippen LogP contribution in [0.5, 0.6) is 5.75 Å². The molecule has 0 aliphatic heterocycles. The molecule has 0 radical (unpaired) electrons. The van der Waals surface area contributed by atoms with E-state index in [0.29, 0.717) is 27.7 Å². The van der Waals surface area contributed by atoms with Crippen molar-refractivity contribution in [2.45, 2.75) is 18.8 Å². The van der Waals surface area contributed by atoms with Crippen LogP contribution in [-0.4, -0.2) is 43.5 Å². The van der Waals surface area contributed by atoms with Gasteiger partial charge in [-0.1, -0.05) is 64.5 Å². The minimum atomic E-state index is -3.94. The van der Waals surface area contributed by atoms with Gasteiger partial charge in [0, 0.05) is 27.5 Å². The zero-order valence-electron chi connectivity index (χ0n) is 20.9. The summed E-state index contributed by atoms with van der Waals surface area (Å²) in [4.78, 5) is 30.5. The van der Waals surface area contributed by atoms with Crippen LogP contribution >= 0.6 is 15.9 Å². The number of ether oxygens (including phenoxy) is 2. The summed E-state index contributed by atoms with van der Waals surface area (Å²) in [7, 11) is 2.24. The van der Waals surface area contributed by atoms with Gasteiger partial charge in [0.25, 0.3) is 5.91 Å². The summed E-state index contributed by atoms with van der Waals surface area (Å²) in [6, 6.07) is 20.9. The van der Waals surface area contributed by atoms with Crippen LogP contribution in [0.2, 0.25) is 0 Å². The van der Waals surface area contributed by atoms with Crippen LogP contribution in [0.1, 0.15) is 27.4 Å². The highest BCUT2D eigenvalue weighted by atomic mass is 79.9. The molecule has 6 nitrogen and oxygen atoms in total. The number of halogens is 3. The first kappa shape index (κ1) is 27.2. The minimum absolute atomic E-state index is 0.0646. The highest BCUT2D eigenvalue weighted by molar-refractivity contribution is 9.10. The summed E-state index contributed by atoms with van der Waals surface area (Å²) in [5.74, 6) is -7.81. The number of hydrogen-bond acceptors (Lipinski definition) is 5. The number of esters is 1. The van der Waals surface area contributed by atoms with Crippen molar-refractivity contribution >= 4 is 38.7 Å². The number of carbonyl (C=O) groups excluding carboxylic acids is 2. The van der Waals surface area contributed by atoms with Gasteiger partial charge in [0.2, 0.25) is 0 Å². The molecule has 1 amide bonds. The van der Waals surface area contributed by atoms with Gasteiger partial charge in [0.15, 0.2) is 0 Å². The van der Waals surface area contributed by atoms with E-state index in [0.717, 1.165) is 17.1 Å². The van der Waals surface area contributed by atoms with Gasteiger partial charge in [-0.25, -0.2) is 9.78 Å². The molecule has 1 unspecified atom stereocenters. The Morgan fingerprint density at radius 1 is 1.03 bits per heavy atom. The minimum Gasteiger partial charge on any atom is -0.496 e. The first-order valence-corrected chi connectivity index (χ1v) is 12.5. The monoisotopic (exact) mass is 582 g/mol. The van der Waals surface area contributed by atoms with Gasteiger partial charge in [-0.15, -0.1) is 0 Å². The lowest BCUT2D eigenvalue weighted by Crippen LogP contribution is -2.43. The van der Waals surface area contributed by atoms with Gasteiger partial charge < -0.3 is 14.8 Å². The number of pyridine rings is 1. The normalized spacial score (nSPS) is 12.2. The Kier molecular flexibility index (Phi) is 8.06. The topological polar surface area (TPSA) is 77.5 Å². The molecular formula is C29H25BrF2N2O4. The van der Waals surface area contributed by atoms with Crippen molar-refractivity contribution in [3.05, 3.63) is 94.0 Å². The van der Waals surface area contributed by atoms with Crippen molar-refractivity contribution in [1.29, 1.82) is 0 Å². The quantitative estimate of drug-likeness (QED) is 0.247. The van der Waals surface area contributed by atoms with E-state index in [9.17, 15) is 9.59 Å². The average molecular weight is 583 g/mol. The molecule has 1 N–H and O–H groups in total. The van der Waals surface area contributed by atoms with E-state index in [1.807, 2.05) is 36.4 Å². The Morgan fingerprint density at radius 2 is 1.71 bits per heavy atom. The summed E-state index contributed by atoms with van der Waals surface area (Å²) in [6.07, 6.45) is 0. The maximum Gasteiger partial charge on any atom is 0.377 e. The molecule has 0 bridgehead atoms. The summed E-state index contributed by atoms with van der Waals surface area (Å²) < 4.78 is 41.0. The van der Waals surface area contributed by atoms with E-state index in [2.05, 4.69) is 26.0 Å². The average Bonchev–Trinajstić information content (AvgIpc) is 2.92. The number of methoxy groups -OCH3 is 2. The Bertz CT molecular complexity index is 1500. The number of para-hydroxylation sites is 1. The SMILES string of the molecule is COC(=O)C(F)(F)C(CNC(=O)c1c(C)c(-c2ccccc2)nc2ccc(Br)cc12)c1ccccc1OC. The highest BCUT2D eigenvalue weighted by Gasteiger charge is 2.50. The fraction of sp³-hybridized carbons (Fsp3) is 0.207. The van der Waals surface area contributed by atoms with Crippen LogP contribution in [0.25, 0.3) is 22.2 Å². The third-order valence-corrected chi connectivity index (χ3v) is 6.83. The van der Waals surface area contributed by atoms with Gasteiger partial charge >= 0.3 is 11.9 Å². The molecule has 1 aromatic heterocycles. The van der Waals surface area contributed by atoms with Crippen molar-refractivity contribution in [2.75, 3.05) is 20.8 Å². The fourth-order valence-electron chi connectivity index (χ4n) is 4.45. The lowest BCUT2D eigenvalue weighted by molar-refractivity contribution is -0.172. The van der Waals surface area contributed by atoms with Crippen molar-refractivity contribution < 1.29 is 27.8 Å². The second kappa shape index (κ2) is 11.3. The van der Waals surface area contributed by atoms with E-state index >= 15 is 8.78 Å². The van der Waals surface area contributed by atoms with Gasteiger partial charge in [-0.2, -0.15) is 8.78 Å². The molecule has 0 fully saturated rings. The molecule has 4 rings (SSSR count). The number of hydrogen-bond donors (Lipinski definition) is 1. The first-order chi connectivity index (χ1) is 18.2. The van der Waals surface area contributed by atoms with Crippen LogP contribution in [-0.2, 0) is 9.53 Å². The largest absolute Gasteiger partial charge is 0.496 e. The summed E-state index contributed by atoms with van der Waals surface area (Å²) >= 11 is 3.44. The number of carbonyl (C=O) groups is 2. The molecular weight excluding hydrogens is 558 g/mol. The summed E-state index contributed by atoms with van der Waals surface area (Å²) in [5, 5.41) is 3.20. The molecule has 9 heteroatoms. The summed E-state index contributed by atoms with van der Waals surface area (Å²) in [6.45, 7) is 1.21. The third kappa shape index (κ3) is 5.24. The van der Waals surface area contributed by atoms with E-state index in [1.165, 1.54) is 19.2 Å². The number of nitrogens with zero attached hydrogens (tertiary/aromatic N) is 1. The van der Waals surface area contributed by atoms with Crippen LogP contribution in [0.15, 0.2) is 77.3 Å². The molecule has 1 heterocycles. The zero-order chi connectivity index (χ0) is 27.4. The summed E-state index contributed by atoms with van der Waals surface area (Å²) in [5.41, 5.74) is 2.95. The highest BCUT2D eigenvalue weighted by Crippen LogP contribution is 2.39. The van der Waals surface area contributed by atoms with Gasteiger partial charge in [0.05, 0.1) is 36.9 Å². The second-order valence-electron chi connectivity index (χ2n) is 8.61. The van der Waals surface area contributed by atoms with E-state index in [4.69, 9.17) is 9.72 Å². The molecule has 38 heavy (non-hydrogen) atoms.